The lowest BCUT2D eigenvalue weighted by atomic mass is 9.70. The van der Waals surface area contributed by atoms with Gasteiger partial charge in [-0.15, -0.1) is 13.2 Å². The molecule has 9 heteroatoms. The quantitative estimate of drug-likeness (QED) is 0.164. The second kappa shape index (κ2) is 11.6. The number of alkyl halides is 1. The van der Waals surface area contributed by atoms with Crippen molar-refractivity contribution >= 4 is 33.7 Å². The van der Waals surface area contributed by atoms with Gasteiger partial charge in [-0.2, -0.15) is 0 Å². The standard InChI is InChI=1S/C28H43BrN2O6/c1-8-10-11-12-14-36-26(35)20-21-24(33)31(19(16-32)17(3)4)23(28(21)15-18(29)22(20)37-28)25(34)30(13-9-2)27(5,6)7/h8-9,17-23,32H,1-2,10-16H2,3-7H3/t18?,19-,20+,21-,22+,23?,28?/m0/s1. The Kier molecular flexibility index (Phi) is 9.34. The van der Waals surface area contributed by atoms with Crippen LogP contribution < -0.4 is 0 Å². The second-order valence-electron chi connectivity index (χ2n) is 11.8. The molecule has 37 heavy (non-hydrogen) atoms. The molecular formula is C28H43BrN2O6. The first-order valence-electron chi connectivity index (χ1n) is 13.3. The van der Waals surface area contributed by atoms with Crippen LogP contribution in [0, 0.1) is 17.8 Å². The third-order valence-corrected chi connectivity index (χ3v) is 8.83. The van der Waals surface area contributed by atoms with Crippen molar-refractivity contribution in [2.75, 3.05) is 19.8 Å². The van der Waals surface area contributed by atoms with Crippen LogP contribution in [-0.2, 0) is 23.9 Å². The van der Waals surface area contributed by atoms with Crippen LogP contribution in [0.4, 0.5) is 0 Å². The summed E-state index contributed by atoms with van der Waals surface area (Å²) in [6, 6.07) is -1.57. The molecule has 1 N–H and O–H groups in total. The summed E-state index contributed by atoms with van der Waals surface area (Å²) in [4.78, 5) is 44.9. The number of aliphatic hydroxyl groups excluding tert-OH is 1. The number of allylic oxidation sites excluding steroid dienone is 1. The summed E-state index contributed by atoms with van der Waals surface area (Å²) in [5, 5.41) is 10.3. The first-order chi connectivity index (χ1) is 17.4. The van der Waals surface area contributed by atoms with Crippen molar-refractivity contribution in [1.82, 2.24) is 9.80 Å². The van der Waals surface area contributed by atoms with E-state index < -0.39 is 47.1 Å². The van der Waals surface area contributed by atoms with Crippen LogP contribution in [0.15, 0.2) is 25.3 Å². The molecule has 0 aromatic heterocycles. The normalized spacial score (nSPS) is 31.4. The highest BCUT2D eigenvalue weighted by molar-refractivity contribution is 9.09. The Bertz CT molecular complexity index is 902. The zero-order chi connectivity index (χ0) is 27.7. The number of aliphatic hydroxyl groups is 1. The van der Waals surface area contributed by atoms with Crippen molar-refractivity contribution in [3.63, 3.8) is 0 Å². The van der Waals surface area contributed by atoms with Crippen molar-refractivity contribution in [2.45, 2.75) is 94.5 Å². The average molecular weight is 584 g/mol. The van der Waals surface area contributed by atoms with Gasteiger partial charge in [-0.3, -0.25) is 14.4 Å². The molecule has 2 amide bonds. The molecule has 3 unspecified atom stereocenters. The number of esters is 1. The van der Waals surface area contributed by atoms with E-state index >= 15 is 0 Å². The number of rotatable bonds is 12. The van der Waals surface area contributed by atoms with Crippen LogP contribution in [-0.4, -0.2) is 86.6 Å². The molecule has 3 aliphatic heterocycles. The Morgan fingerprint density at radius 3 is 2.51 bits per heavy atom. The second-order valence-corrected chi connectivity index (χ2v) is 12.9. The van der Waals surface area contributed by atoms with Crippen LogP contribution in [0.5, 0.6) is 0 Å². The van der Waals surface area contributed by atoms with Crippen LogP contribution in [0.2, 0.25) is 0 Å². The summed E-state index contributed by atoms with van der Waals surface area (Å²) in [7, 11) is 0. The van der Waals surface area contributed by atoms with E-state index in [1.165, 1.54) is 4.90 Å². The van der Waals surface area contributed by atoms with E-state index in [2.05, 4.69) is 29.1 Å². The molecule has 3 aliphatic rings. The molecule has 2 bridgehead atoms. The molecule has 8 nitrogen and oxygen atoms in total. The highest BCUT2D eigenvalue weighted by Crippen LogP contribution is 2.61. The first-order valence-corrected chi connectivity index (χ1v) is 14.2. The molecule has 0 saturated carbocycles. The van der Waals surface area contributed by atoms with Crippen molar-refractivity contribution in [3.05, 3.63) is 25.3 Å². The zero-order valence-electron chi connectivity index (χ0n) is 22.8. The number of hydrogen-bond donors (Lipinski definition) is 1. The van der Waals surface area contributed by atoms with Crippen molar-refractivity contribution in [1.29, 1.82) is 0 Å². The lowest BCUT2D eigenvalue weighted by Crippen LogP contribution is -2.62. The monoisotopic (exact) mass is 582 g/mol. The number of hydrogen-bond acceptors (Lipinski definition) is 6. The predicted octanol–water partition coefficient (Wildman–Crippen LogP) is 3.46. The number of carbonyl (C=O) groups is 3. The maximum Gasteiger partial charge on any atom is 0.312 e. The summed E-state index contributed by atoms with van der Waals surface area (Å²) in [5.74, 6) is -2.84. The molecule has 3 rings (SSSR count). The molecule has 0 aliphatic carbocycles. The van der Waals surface area contributed by atoms with Gasteiger partial charge in [0.1, 0.15) is 11.6 Å². The molecule has 0 radical (unpaired) electrons. The summed E-state index contributed by atoms with van der Waals surface area (Å²) in [6.45, 7) is 17.4. The van der Waals surface area contributed by atoms with E-state index in [1.54, 1.807) is 11.0 Å². The fourth-order valence-electron chi connectivity index (χ4n) is 6.22. The SMILES string of the molecule is C=CCCCCOC(=O)[C@H]1[C@@H]2OC3(CC2Br)C(C(=O)N(CC=C)C(C)(C)C)N([C@@H](CO)C(C)C)C(=O)[C@H]13. The van der Waals surface area contributed by atoms with Gasteiger partial charge in [0.05, 0.1) is 37.2 Å². The van der Waals surface area contributed by atoms with Gasteiger partial charge in [0.15, 0.2) is 0 Å². The summed E-state index contributed by atoms with van der Waals surface area (Å²) in [5.41, 5.74) is -1.73. The minimum atomic E-state index is -1.19. The van der Waals surface area contributed by atoms with Gasteiger partial charge in [-0.25, -0.2) is 0 Å². The van der Waals surface area contributed by atoms with Gasteiger partial charge in [-0.05, 0) is 52.4 Å². The first kappa shape index (κ1) is 29.8. The van der Waals surface area contributed by atoms with Crippen LogP contribution in [0.25, 0.3) is 0 Å². The lowest BCUT2D eigenvalue weighted by molar-refractivity contribution is -0.158. The number of ether oxygens (including phenoxy) is 2. The van der Waals surface area contributed by atoms with Crippen LogP contribution in [0.1, 0.15) is 60.3 Å². The van der Waals surface area contributed by atoms with Gasteiger partial charge in [-0.1, -0.05) is 41.9 Å². The predicted molar refractivity (Wildman–Crippen MR) is 145 cm³/mol. The van der Waals surface area contributed by atoms with Gasteiger partial charge >= 0.3 is 5.97 Å². The molecule has 208 valence electrons. The van der Waals surface area contributed by atoms with E-state index in [9.17, 15) is 19.5 Å². The third-order valence-electron chi connectivity index (χ3n) is 7.98. The lowest BCUT2D eigenvalue weighted by Gasteiger charge is -2.44. The van der Waals surface area contributed by atoms with Gasteiger partial charge in [0.25, 0.3) is 0 Å². The number of halogens is 1. The Hall–Kier alpha value is -1.71. The molecule has 3 fully saturated rings. The average Bonchev–Trinajstić information content (AvgIpc) is 3.40. The number of likely N-dealkylation sites (tertiary alicyclic amines) is 1. The van der Waals surface area contributed by atoms with E-state index in [4.69, 9.17) is 9.47 Å². The van der Waals surface area contributed by atoms with E-state index in [0.29, 0.717) is 19.4 Å². The molecule has 7 atom stereocenters. The number of unbranched alkanes of at least 4 members (excludes halogenated alkanes) is 2. The van der Waals surface area contributed by atoms with E-state index in [0.717, 1.165) is 12.8 Å². The maximum atomic E-state index is 14.3. The van der Waals surface area contributed by atoms with Crippen LogP contribution >= 0.6 is 15.9 Å². The van der Waals surface area contributed by atoms with Gasteiger partial charge in [0.2, 0.25) is 11.8 Å². The van der Waals surface area contributed by atoms with Crippen molar-refractivity contribution < 1.29 is 29.0 Å². The summed E-state index contributed by atoms with van der Waals surface area (Å²) >= 11 is 3.68. The Morgan fingerprint density at radius 1 is 1.30 bits per heavy atom. The largest absolute Gasteiger partial charge is 0.465 e. The smallest absolute Gasteiger partial charge is 0.312 e. The summed E-state index contributed by atoms with van der Waals surface area (Å²) in [6.07, 6.45) is 5.73. The fourth-order valence-corrected chi connectivity index (χ4v) is 7.17. The zero-order valence-corrected chi connectivity index (χ0v) is 24.4. The molecule has 0 aromatic rings. The van der Waals surface area contributed by atoms with E-state index in [-0.39, 0.29) is 35.8 Å². The summed E-state index contributed by atoms with van der Waals surface area (Å²) < 4.78 is 12.2. The Balaban J connectivity index is 2.04. The highest BCUT2D eigenvalue weighted by atomic mass is 79.9. The maximum absolute atomic E-state index is 14.3. The number of nitrogens with zero attached hydrogens (tertiary/aromatic N) is 2. The fraction of sp³-hybridized carbons (Fsp3) is 0.750. The molecule has 3 saturated heterocycles. The molecule has 3 heterocycles. The minimum Gasteiger partial charge on any atom is -0.465 e. The highest BCUT2D eigenvalue weighted by Gasteiger charge is 2.77. The van der Waals surface area contributed by atoms with Gasteiger partial charge < -0.3 is 24.4 Å². The van der Waals surface area contributed by atoms with E-state index in [1.807, 2.05) is 40.7 Å². The van der Waals surface area contributed by atoms with Crippen LogP contribution in [0.3, 0.4) is 0 Å². The van der Waals surface area contributed by atoms with Crippen molar-refractivity contribution in [3.8, 4) is 0 Å². The van der Waals surface area contributed by atoms with Gasteiger partial charge in [0, 0.05) is 16.9 Å². The molecule has 0 aromatic carbocycles. The Labute approximate surface area is 229 Å². The molecule has 1 spiro atoms. The number of carbonyl (C=O) groups excluding carboxylic acids is 3. The number of fused-ring (bicyclic) bond motifs is 1. The van der Waals surface area contributed by atoms with Crippen molar-refractivity contribution in [2.24, 2.45) is 17.8 Å². The number of amides is 2. The molecular weight excluding hydrogens is 540 g/mol. The minimum absolute atomic E-state index is 0.116. The third kappa shape index (κ3) is 5.28. The Morgan fingerprint density at radius 2 is 1.97 bits per heavy atom. The topological polar surface area (TPSA) is 96.4 Å².